The molecule has 0 fully saturated rings. The molecular formula is C16H15N7O. The fraction of sp³-hybridized carbons (Fsp3) is 0.250. The van der Waals surface area contributed by atoms with Gasteiger partial charge in [-0.3, -0.25) is 14.8 Å². The van der Waals surface area contributed by atoms with Crippen LogP contribution >= 0.6 is 0 Å². The number of amides is 1. The number of amidine groups is 1. The molecule has 0 aromatic carbocycles. The van der Waals surface area contributed by atoms with Crippen LogP contribution in [0.25, 0.3) is 11.3 Å². The molecule has 24 heavy (non-hydrogen) atoms. The van der Waals surface area contributed by atoms with Crippen LogP contribution in [-0.2, 0) is 4.79 Å². The Kier molecular flexibility index (Phi) is 3.49. The van der Waals surface area contributed by atoms with Gasteiger partial charge in [0, 0.05) is 24.5 Å². The highest BCUT2D eigenvalue weighted by atomic mass is 16.2. The van der Waals surface area contributed by atoms with Gasteiger partial charge in [0.1, 0.15) is 5.69 Å². The first-order chi connectivity index (χ1) is 11.7. The van der Waals surface area contributed by atoms with Crippen molar-refractivity contribution in [2.75, 3.05) is 29.9 Å². The third kappa shape index (κ3) is 2.51. The summed E-state index contributed by atoms with van der Waals surface area (Å²) in [6, 6.07) is 3.80. The second kappa shape index (κ2) is 5.80. The maximum atomic E-state index is 11.7. The Bertz CT molecular complexity index is 857. The van der Waals surface area contributed by atoms with Crippen molar-refractivity contribution in [3.8, 4) is 11.3 Å². The summed E-state index contributed by atoms with van der Waals surface area (Å²) in [4.78, 5) is 35.4. The number of anilines is 2. The van der Waals surface area contributed by atoms with E-state index < -0.39 is 0 Å². The Morgan fingerprint density at radius 3 is 2.83 bits per heavy atom. The van der Waals surface area contributed by atoms with Gasteiger partial charge in [-0.15, -0.1) is 0 Å². The number of aromatic nitrogens is 3. The smallest absolute Gasteiger partial charge is 0.245 e. The van der Waals surface area contributed by atoms with Gasteiger partial charge >= 0.3 is 0 Å². The second-order valence-electron chi connectivity index (χ2n) is 5.40. The fourth-order valence-electron chi connectivity index (χ4n) is 2.63. The fourth-order valence-corrected chi connectivity index (χ4v) is 2.63. The maximum absolute atomic E-state index is 11.7. The summed E-state index contributed by atoms with van der Waals surface area (Å²) in [6.45, 7) is 3.56. The summed E-state index contributed by atoms with van der Waals surface area (Å²) < 4.78 is 0. The number of carbonyl (C=O) groups excluding carboxylic acids is 1. The van der Waals surface area contributed by atoms with Gasteiger partial charge in [-0.05, 0) is 19.1 Å². The van der Waals surface area contributed by atoms with Gasteiger partial charge in [-0.1, -0.05) is 0 Å². The van der Waals surface area contributed by atoms with Gasteiger partial charge in [0.2, 0.25) is 5.91 Å². The summed E-state index contributed by atoms with van der Waals surface area (Å²) >= 11 is 0. The summed E-state index contributed by atoms with van der Waals surface area (Å²) in [7, 11) is 0. The Hall–Kier alpha value is -3.16. The van der Waals surface area contributed by atoms with Crippen LogP contribution in [0.2, 0.25) is 0 Å². The van der Waals surface area contributed by atoms with E-state index in [-0.39, 0.29) is 12.5 Å². The molecule has 0 atom stereocenters. The number of rotatable bonds is 3. The summed E-state index contributed by atoms with van der Waals surface area (Å²) in [5, 5.41) is 2.75. The Morgan fingerprint density at radius 2 is 2.12 bits per heavy atom. The van der Waals surface area contributed by atoms with Gasteiger partial charge in [0.25, 0.3) is 0 Å². The molecule has 0 unspecified atom stereocenters. The monoisotopic (exact) mass is 321 g/mol. The van der Waals surface area contributed by atoms with Crippen LogP contribution in [0, 0.1) is 0 Å². The molecule has 2 aromatic rings. The lowest BCUT2D eigenvalue weighted by atomic mass is 10.2. The molecule has 2 aliphatic rings. The minimum atomic E-state index is -0.0738. The van der Waals surface area contributed by atoms with Crippen molar-refractivity contribution in [1.29, 1.82) is 0 Å². The third-order valence-corrected chi connectivity index (χ3v) is 3.85. The number of carbonyl (C=O) groups is 1. The third-order valence-electron chi connectivity index (χ3n) is 3.85. The van der Waals surface area contributed by atoms with Crippen LogP contribution in [-0.4, -0.2) is 52.5 Å². The molecular weight excluding hydrogens is 306 g/mol. The molecule has 2 aliphatic heterocycles. The molecule has 1 N–H and O–H groups in total. The number of aliphatic imine (C=N–C) groups is 2. The molecule has 0 saturated carbocycles. The number of nitrogens with zero attached hydrogens (tertiary/aromatic N) is 6. The molecule has 4 rings (SSSR count). The van der Waals surface area contributed by atoms with Crippen LogP contribution in [0.5, 0.6) is 0 Å². The second-order valence-corrected chi connectivity index (χ2v) is 5.40. The van der Waals surface area contributed by atoms with Crippen molar-refractivity contribution < 1.29 is 4.79 Å². The first-order valence-corrected chi connectivity index (χ1v) is 7.70. The minimum absolute atomic E-state index is 0.0738. The molecule has 1 amide bonds. The molecule has 4 heterocycles. The van der Waals surface area contributed by atoms with Crippen molar-refractivity contribution in [3.05, 3.63) is 30.2 Å². The van der Waals surface area contributed by atoms with E-state index in [1.54, 1.807) is 18.6 Å². The number of hydrogen-bond acceptors (Lipinski definition) is 7. The lowest BCUT2D eigenvalue weighted by molar-refractivity contribution is -0.115. The topological polar surface area (TPSA) is 95.7 Å². The highest BCUT2D eigenvalue weighted by molar-refractivity contribution is 6.05. The highest BCUT2D eigenvalue weighted by Gasteiger charge is 2.24. The highest BCUT2D eigenvalue weighted by Crippen LogP contribution is 2.28. The van der Waals surface area contributed by atoms with E-state index in [4.69, 9.17) is 0 Å². The number of nitrogens with one attached hydrogen (secondary N) is 1. The number of pyridine rings is 1. The van der Waals surface area contributed by atoms with Gasteiger partial charge in [-0.25, -0.2) is 15.0 Å². The van der Waals surface area contributed by atoms with E-state index in [0.717, 1.165) is 11.3 Å². The largest absolute Gasteiger partial charge is 0.344 e. The first-order valence-electron chi connectivity index (χ1n) is 7.70. The van der Waals surface area contributed by atoms with E-state index in [1.807, 2.05) is 24.0 Å². The molecule has 8 nitrogen and oxygen atoms in total. The van der Waals surface area contributed by atoms with Crippen LogP contribution in [0.1, 0.15) is 12.6 Å². The van der Waals surface area contributed by atoms with Crippen LogP contribution in [0.3, 0.4) is 0 Å². The quantitative estimate of drug-likeness (QED) is 0.915. The Labute approximate surface area is 138 Å². The number of likely N-dealkylation sites (N-methyl/N-ethyl adjacent to an activating group) is 1. The van der Waals surface area contributed by atoms with Crippen molar-refractivity contribution in [1.82, 2.24) is 15.0 Å². The Morgan fingerprint density at radius 1 is 1.21 bits per heavy atom. The van der Waals surface area contributed by atoms with E-state index >= 15 is 0 Å². The summed E-state index contributed by atoms with van der Waals surface area (Å²) in [5.41, 5.74) is 2.30. The average Bonchev–Trinajstić information content (AvgIpc) is 3.15. The van der Waals surface area contributed by atoms with Crippen molar-refractivity contribution in [3.63, 3.8) is 0 Å². The molecule has 120 valence electrons. The SMILES string of the molecule is CCN1CC(=O)Nc2ncc(-c3ccc(C4=NCC=N4)nc3)nc21. The zero-order valence-electron chi connectivity index (χ0n) is 13.1. The zero-order valence-corrected chi connectivity index (χ0v) is 13.1. The van der Waals surface area contributed by atoms with Crippen LogP contribution in [0.4, 0.5) is 11.6 Å². The van der Waals surface area contributed by atoms with Gasteiger partial charge in [0.15, 0.2) is 17.5 Å². The van der Waals surface area contributed by atoms with Crippen LogP contribution < -0.4 is 10.2 Å². The maximum Gasteiger partial charge on any atom is 0.245 e. The zero-order chi connectivity index (χ0) is 16.5. The molecule has 8 heteroatoms. The van der Waals surface area contributed by atoms with Crippen LogP contribution in [0.15, 0.2) is 34.5 Å². The number of hydrogen-bond donors (Lipinski definition) is 1. The van der Waals surface area contributed by atoms with Crippen molar-refractivity contribution in [2.45, 2.75) is 6.92 Å². The molecule has 0 radical (unpaired) electrons. The van der Waals surface area contributed by atoms with E-state index in [9.17, 15) is 4.79 Å². The lowest BCUT2D eigenvalue weighted by Crippen LogP contribution is -2.39. The summed E-state index contributed by atoms with van der Waals surface area (Å²) in [6.07, 6.45) is 5.13. The minimum Gasteiger partial charge on any atom is -0.344 e. The molecule has 0 spiro atoms. The molecule has 0 aliphatic carbocycles. The molecule has 0 bridgehead atoms. The normalized spacial score (nSPS) is 16.0. The van der Waals surface area contributed by atoms with Gasteiger partial charge in [0.05, 0.1) is 25.0 Å². The molecule has 0 saturated heterocycles. The molecule has 2 aromatic heterocycles. The van der Waals surface area contributed by atoms with E-state index in [1.165, 1.54) is 0 Å². The Balaban J connectivity index is 1.67. The van der Waals surface area contributed by atoms with E-state index in [2.05, 4.69) is 30.3 Å². The van der Waals surface area contributed by atoms with Crippen molar-refractivity contribution >= 4 is 29.6 Å². The summed E-state index contributed by atoms with van der Waals surface area (Å²) in [5.74, 6) is 1.76. The predicted octanol–water partition coefficient (Wildman–Crippen LogP) is 1.15. The number of fused-ring (bicyclic) bond motifs is 1. The first kappa shape index (κ1) is 14.4. The standard InChI is InChI=1S/C16H15N7O/c1-2-23-9-13(24)22-15-16(23)21-12(8-20-15)10-3-4-11(19-7-10)14-17-5-6-18-14/h3-5,7-8H,2,6,9H2,1H3,(H,20,22,24). The van der Waals surface area contributed by atoms with Gasteiger partial charge < -0.3 is 10.2 Å². The average molecular weight is 321 g/mol. The van der Waals surface area contributed by atoms with Crippen molar-refractivity contribution in [2.24, 2.45) is 9.98 Å². The van der Waals surface area contributed by atoms with Gasteiger partial charge in [-0.2, -0.15) is 0 Å². The lowest BCUT2D eigenvalue weighted by Gasteiger charge is -2.27. The van der Waals surface area contributed by atoms with E-state index in [0.29, 0.717) is 36.3 Å². The predicted molar refractivity (Wildman–Crippen MR) is 91.7 cm³/mol.